The average molecular weight is 499 g/mol. The molecule has 0 spiro atoms. The van der Waals surface area contributed by atoms with Crippen LogP contribution in [0.4, 0.5) is 21.7 Å². The van der Waals surface area contributed by atoms with Crippen LogP contribution in [0.2, 0.25) is 5.02 Å². The second-order valence-electron chi connectivity index (χ2n) is 8.34. The highest BCUT2D eigenvalue weighted by atomic mass is 35.5. The summed E-state index contributed by atoms with van der Waals surface area (Å²) in [5, 5.41) is 9.43. The molecule has 0 fully saturated rings. The number of hydrogen-bond acceptors (Lipinski definition) is 7. The molecule has 0 aliphatic carbocycles. The van der Waals surface area contributed by atoms with Gasteiger partial charge in [-0.3, -0.25) is 0 Å². The first-order valence-electron chi connectivity index (χ1n) is 11.4. The number of nitrogens with zero attached hydrogens (tertiary/aromatic N) is 6. The maximum absolute atomic E-state index is 14.3. The van der Waals surface area contributed by atoms with Gasteiger partial charge in [-0.25, -0.2) is 29.0 Å². The lowest BCUT2D eigenvalue weighted by Gasteiger charge is -2.08. The highest BCUT2D eigenvalue weighted by Gasteiger charge is 2.22. The fraction of sp³-hybridized carbons (Fsp3) is 0.115. The predicted octanol–water partition coefficient (Wildman–Crippen LogP) is 5.25. The van der Waals surface area contributed by atoms with E-state index in [0.29, 0.717) is 52.2 Å². The third kappa shape index (κ3) is 4.03. The molecule has 5 aromatic rings. The Hall–Kier alpha value is -4.37. The smallest absolute Gasteiger partial charge is 0.184 e. The Balaban J connectivity index is 1.43. The number of rotatable bonds is 4. The van der Waals surface area contributed by atoms with Gasteiger partial charge in [0.2, 0.25) is 0 Å². The third-order valence-electron chi connectivity index (χ3n) is 5.99. The highest BCUT2D eigenvalue weighted by molar-refractivity contribution is 6.30. The standard InChI is InChI=1S/C26H20ClFN8/c27-17-9-7-15(8-10-17)20-11-13-30-24-22(32-20)23(29)33-25(34-24)21-18-5-3-12-31-26(18)36(35-21)14-16-4-1-2-6-19(16)28/h1-10,12H,11,13-14H2,(H3,29,30,33,34). The van der Waals surface area contributed by atoms with Gasteiger partial charge in [0.15, 0.2) is 23.1 Å². The summed E-state index contributed by atoms with van der Waals surface area (Å²) < 4.78 is 16.0. The molecule has 0 unspecified atom stereocenters. The summed E-state index contributed by atoms with van der Waals surface area (Å²) in [5.41, 5.74) is 10.3. The molecule has 0 atom stereocenters. The number of nitrogen functional groups attached to an aromatic ring is 1. The maximum atomic E-state index is 14.3. The van der Waals surface area contributed by atoms with Crippen LogP contribution >= 0.6 is 11.6 Å². The fourth-order valence-corrected chi connectivity index (χ4v) is 4.35. The number of pyridine rings is 1. The quantitative estimate of drug-likeness (QED) is 0.350. The lowest BCUT2D eigenvalue weighted by molar-refractivity contribution is 0.589. The van der Waals surface area contributed by atoms with Crippen LogP contribution in [0.25, 0.3) is 22.6 Å². The van der Waals surface area contributed by atoms with Crippen molar-refractivity contribution in [2.24, 2.45) is 4.99 Å². The number of nitrogens with one attached hydrogen (secondary N) is 1. The summed E-state index contributed by atoms with van der Waals surface area (Å²) in [6.45, 7) is 0.835. The van der Waals surface area contributed by atoms with E-state index < -0.39 is 0 Å². The lowest BCUT2D eigenvalue weighted by atomic mass is 10.1. The summed E-state index contributed by atoms with van der Waals surface area (Å²) in [4.78, 5) is 18.5. The van der Waals surface area contributed by atoms with Crippen LogP contribution in [0.15, 0.2) is 71.9 Å². The second kappa shape index (κ2) is 9.01. The Morgan fingerprint density at radius 3 is 2.69 bits per heavy atom. The van der Waals surface area contributed by atoms with Crippen molar-refractivity contribution < 1.29 is 4.39 Å². The van der Waals surface area contributed by atoms with Crippen LogP contribution in [0.3, 0.4) is 0 Å². The second-order valence-corrected chi connectivity index (χ2v) is 8.78. The summed E-state index contributed by atoms with van der Waals surface area (Å²) in [5.74, 6) is 0.801. The van der Waals surface area contributed by atoms with E-state index in [-0.39, 0.29) is 18.2 Å². The van der Waals surface area contributed by atoms with Gasteiger partial charge in [0.05, 0.1) is 17.6 Å². The molecule has 4 heterocycles. The van der Waals surface area contributed by atoms with Gasteiger partial charge in [-0.2, -0.15) is 5.10 Å². The topological polar surface area (TPSA) is 107 Å². The molecule has 6 rings (SSSR count). The number of halogens is 2. The number of fused-ring (bicyclic) bond motifs is 2. The Bertz CT molecular complexity index is 1630. The third-order valence-corrected chi connectivity index (χ3v) is 6.24. The minimum absolute atomic E-state index is 0.216. The number of benzene rings is 2. The molecule has 2 aromatic carbocycles. The monoisotopic (exact) mass is 498 g/mol. The van der Waals surface area contributed by atoms with Gasteiger partial charge in [0.25, 0.3) is 0 Å². The fourth-order valence-electron chi connectivity index (χ4n) is 4.23. The van der Waals surface area contributed by atoms with Crippen molar-refractivity contribution in [1.82, 2.24) is 24.7 Å². The van der Waals surface area contributed by atoms with Crippen molar-refractivity contribution in [3.63, 3.8) is 0 Å². The molecule has 36 heavy (non-hydrogen) atoms. The zero-order valence-electron chi connectivity index (χ0n) is 19.0. The molecular formula is C26H20ClFN8. The molecule has 3 N–H and O–H groups in total. The molecule has 10 heteroatoms. The summed E-state index contributed by atoms with van der Waals surface area (Å²) >= 11 is 6.04. The molecule has 0 saturated carbocycles. The van der Waals surface area contributed by atoms with E-state index in [1.54, 1.807) is 29.1 Å². The van der Waals surface area contributed by atoms with Gasteiger partial charge in [-0.1, -0.05) is 41.9 Å². The number of aliphatic imine (C=N–C) groups is 1. The lowest BCUT2D eigenvalue weighted by Crippen LogP contribution is -2.08. The van der Waals surface area contributed by atoms with Gasteiger partial charge < -0.3 is 11.1 Å². The van der Waals surface area contributed by atoms with Crippen LogP contribution in [-0.4, -0.2) is 37.0 Å². The van der Waals surface area contributed by atoms with Gasteiger partial charge in [0.1, 0.15) is 17.2 Å². The first-order chi connectivity index (χ1) is 17.6. The predicted molar refractivity (Wildman–Crippen MR) is 139 cm³/mol. The van der Waals surface area contributed by atoms with Crippen molar-refractivity contribution in [2.45, 2.75) is 13.0 Å². The van der Waals surface area contributed by atoms with E-state index in [2.05, 4.69) is 15.3 Å². The Morgan fingerprint density at radius 2 is 1.86 bits per heavy atom. The zero-order chi connectivity index (χ0) is 24.6. The Morgan fingerprint density at radius 1 is 1.03 bits per heavy atom. The average Bonchev–Trinajstić information content (AvgIpc) is 3.10. The number of hydrogen-bond donors (Lipinski definition) is 2. The van der Waals surface area contributed by atoms with E-state index in [1.807, 2.05) is 36.4 Å². The maximum Gasteiger partial charge on any atom is 0.184 e. The summed E-state index contributed by atoms with van der Waals surface area (Å²) in [7, 11) is 0. The van der Waals surface area contributed by atoms with E-state index in [1.165, 1.54) is 6.07 Å². The van der Waals surface area contributed by atoms with Gasteiger partial charge >= 0.3 is 0 Å². The van der Waals surface area contributed by atoms with E-state index in [9.17, 15) is 4.39 Å². The first kappa shape index (κ1) is 22.1. The van der Waals surface area contributed by atoms with Gasteiger partial charge in [-0.05, 0) is 35.9 Å². The zero-order valence-corrected chi connectivity index (χ0v) is 19.7. The van der Waals surface area contributed by atoms with Crippen LogP contribution in [0, 0.1) is 5.82 Å². The number of aromatic nitrogens is 5. The van der Waals surface area contributed by atoms with Crippen molar-refractivity contribution in [2.75, 3.05) is 17.6 Å². The minimum Gasteiger partial charge on any atom is -0.382 e. The van der Waals surface area contributed by atoms with E-state index in [0.717, 1.165) is 16.7 Å². The largest absolute Gasteiger partial charge is 0.382 e. The Labute approximate surface area is 210 Å². The number of anilines is 2. The molecule has 1 aliphatic heterocycles. The molecule has 0 radical (unpaired) electrons. The van der Waals surface area contributed by atoms with Crippen LogP contribution in [-0.2, 0) is 6.54 Å². The van der Waals surface area contributed by atoms with Crippen molar-refractivity contribution in [1.29, 1.82) is 0 Å². The highest BCUT2D eigenvalue weighted by Crippen LogP contribution is 2.35. The SMILES string of the molecule is Nc1nc(-c2nn(Cc3ccccc3F)c3ncccc23)nc2c1N=C(c1ccc(Cl)cc1)CCN2. The first-order valence-corrected chi connectivity index (χ1v) is 11.7. The van der Waals surface area contributed by atoms with Crippen molar-refractivity contribution >= 4 is 45.7 Å². The molecule has 0 amide bonds. The van der Waals surface area contributed by atoms with Gasteiger partial charge in [0, 0.05) is 29.7 Å². The number of nitrogens with two attached hydrogens (primary N) is 1. The minimum atomic E-state index is -0.303. The van der Waals surface area contributed by atoms with Crippen molar-refractivity contribution in [3.8, 4) is 11.5 Å². The van der Waals surface area contributed by atoms with E-state index in [4.69, 9.17) is 32.4 Å². The molecular weight excluding hydrogens is 479 g/mol. The van der Waals surface area contributed by atoms with Gasteiger partial charge in [-0.15, -0.1) is 0 Å². The molecule has 0 saturated heterocycles. The normalized spacial score (nSPS) is 13.1. The molecule has 0 bridgehead atoms. The van der Waals surface area contributed by atoms with Crippen molar-refractivity contribution in [3.05, 3.63) is 88.8 Å². The van der Waals surface area contributed by atoms with E-state index >= 15 is 0 Å². The molecule has 3 aromatic heterocycles. The Kier molecular flexibility index (Phi) is 5.54. The molecule has 178 valence electrons. The summed E-state index contributed by atoms with van der Waals surface area (Å²) in [6, 6.07) is 17.8. The summed E-state index contributed by atoms with van der Waals surface area (Å²) in [6.07, 6.45) is 2.35. The van der Waals surface area contributed by atoms with Crippen LogP contribution in [0.5, 0.6) is 0 Å². The molecule has 1 aliphatic rings. The van der Waals surface area contributed by atoms with Crippen LogP contribution < -0.4 is 11.1 Å². The van der Waals surface area contributed by atoms with Crippen LogP contribution in [0.1, 0.15) is 17.5 Å². The molecule has 8 nitrogen and oxygen atoms in total.